The average Bonchev–Trinajstić information content (AvgIpc) is 2.37. The molecule has 2 N–H and O–H groups in total. The van der Waals surface area contributed by atoms with Crippen molar-refractivity contribution in [2.24, 2.45) is 11.3 Å². The van der Waals surface area contributed by atoms with Gasteiger partial charge >= 0.3 is 0 Å². The third kappa shape index (κ3) is 5.85. The average molecular weight is 254 g/mol. The first-order chi connectivity index (χ1) is 8.55. The quantitative estimate of drug-likeness (QED) is 0.686. The number of amides is 1. The van der Waals surface area contributed by atoms with Crippen LogP contribution in [0.25, 0.3) is 0 Å². The van der Waals surface area contributed by atoms with Gasteiger partial charge in [0.15, 0.2) is 0 Å². The molecule has 0 spiro atoms. The lowest BCUT2D eigenvalue weighted by Crippen LogP contribution is -2.43. The molecule has 0 aromatic rings. The second-order valence-electron chi connectivity index (χ2n) is 6.38. The molecule has 1 rings (SSSR count). The normalized spacial score (nSPS) is 20.7. The van der Waals surface area contributed by atoms with Gasteiger partial charge in [-0.3, -0.25) is 4.79 Å². The highest BCUT2D eigenvalue weighted by Gasteiger charge is 2.23. The Labute approximate surface area is 112 Å². The van der Waals surface area contributed by atoms with Gasteiger partial charge in [0.1, 0.15) is 0 Å². The summed E-state index contributed by atoms with van der Waals surface area (Å²) < 4.78 is 0. The molecule has 1 aliphatic rings. The van der Waals surface area contributed by atoms with Gasteiger partial charge in [0.25, 0.3) is 0 Å². The van der Waals surface area contributed by atoms with E-state index in [9.17, 15) is 4.79 Å². The number of rotatable bonds is 7. The van der Waals surface area contributed by atoms with Crippen molar-refractivity contribution in [3.8, 4) is 0 Å². The third-order valence-electron chi connectivity index (χ3n) is 3.87. The van der Waals surface area contributed by atoms with Crippen LogP contribution in [0.4, 0.5) is 0 Å². The van der Waals surface area contributed by atoms with Crippen LogP contribution in [-0.4, -0.2) is 25.5 Å². The Balaban J connectivity index is 2.23. The van der Waals surface area contributed by atoms with Crippen molar-refractivity contribution in [2.45, 2.75) is 59.3 Å². The molecule has 18 heavy (non-hydrogen) atoms. The molecule has 1 amide bonds. The highest BCUT2D eigenvalue weighted by atomic mass is 16.1. The van der Waals surface area contributed by atoms with Gasteiger partial charge in [-0.25, -0.2) is 0 Å². The monoisotopic (exact) mass is 254 g/mol. The number of nitrogens with one attached hydrogen (secondary N) is 2. The van der Waals surface area contributed by atoms with Crippen molar-refractivity contribution < 1.29 is 4.79 Å². The predicted octanol–water partition coefficient (Wildman–Crippen LogP) is 2.71. The summed E-state index contributed by atoms with van der Waals surface area (Å²) in [5.41, 5.74) is 0.229. The molecule has 3 heteroatoms. The molecule has 1 atom stereocenters. The minimum atomic E-state index is 0.185. The molecule has 0 radical (unpaired) electrons. The van der Waals surface area contributed by atoms with Crippen molar-refractivity contribution in [3.05, 3.63) is 0 Å². The molecule has 0 saturated carbocycles. The number of hydrogen-bond acceptors (Lipinski definition) is 2. The van der Waals surface area contributed by atoms with Gasteiger partial charge in [-0.05, 0) is 31.2 Å². The number of hydrogen-bond donors (Lipinski definition) is 2. The highest BCUT2D eigenvalue weighted by molar-refractivity contribution is 5.79. The molecular formula is C15H30N2O. The Morgan fingerprint density at radius 3 is 2.78 bits per heavy atom. The first kappa shape index (κ1) is 15.5. The smallest absolute Gasteiger partial charge is 0.224 e. The summed E-state index contributed by atoms with van der Waals surface area (Å²) in [6, 6.07) is 0. The van der Waals surface area contributed by atoms with E-state index >= 15 is 0 Å². The van der Waals surface area contributed by atoms with Gasteiger partial charge in [0.05, 0.1) is 5.92 Å². The van der Waals surface area contributed by atoms with Crippen LogP contribution in [-0.2, 0) is 4.79 Å². The Kier molecular flexibility index (Phi) is 6.69. The number of carbonyl (C=O) groups is 1. The van der Waals surface area contributed by atoms with Gasteiger partial charge in [-0.15, -0.1) is 0 Å². The molecule has 1 heterocycles. The van der Waals surface area contributed by atoms with E-state index < -0.39 is 0 Å². The summed E-state index contributed by atoms with van der Waals surface area (Å²) in [5.74, 6) is 0.427. The van der Waals surface area contributed by atoms with Gasteiger partial charge in [0.2, 0.25) is 5.91 Å². The van der Waals surface area contributed by atoms with Crippen LogP contribution in [0, 0.1) is 11.3 Å². The minimum absolute atomic E-state index is 0.185. The second-order valence-corrected chi connectivity index (χ2v) is 6.38. The van der Waals surface area contributed by atoms with Crippen molar-refractivity contribution in [1.29, 1.82) is 0 Å². The van der Waals surface area contributed by atoms with Crippen LogP contribution in [0.2, 0.25) is 0 Å². The van der Waals surface area contributed by atoms with Crippen molar-refractivity contribution >= 4 is 5.91 Å². The minimum Gasteiger partial charge on any atom is -0.355 e. The summed E-state index contributed by atoms with van der Waals surface area (Å²) in [6.07, 6.45) is 7.18. The summed E-state index contributed by atoms with van der Waals surface area (Å²) in [7, 11) is 0. The lowest BCUT2D eigenvalue weighted by atomic mass is 9.86. The fourth-order valence-corrected chi connectivity index (χ4v) is 2.49. The number of piperidine rings is 1. The maximum absolute atomic E-state index is 12.0. The van der Waals surface area contributed by atoms with Crippen molar-refractivity contribution in [3.63, 3.8) is 0 Å². The predicted molar refractivity (Wildman–Crippen MR) is 76.5 cm³/mol. The molecule has 1 fully saturated rings. The van der Waals surface area contributed by atoms with E-state index in [0.29, 0.717) is 0 Å². The number of carbonyl (C=O) groups excluding carboxylic acids is 1. The third-order valence-corrected chi connectivity index (χ3v) is 3.87. The Morgan fingerprint density at radius 1 is 1.39 bits per heavy atom. The lowest BCUT2D eigenvalue weighted by Gasteiger charge is -2.27. The second kappa shape index (κ2) is 7.78. The summed E-state index contributed by atoms with van der Waals surface area (Å²) in [6.45, 7) is 9.45. The standard InChI is InChI=1S/C15H30N2O/c1-4-5-6-9-15(2,3)12-17-14(18)13-8-7-10-16-11-13/h13,16H,4-12H2,1-3H3,(H,17,18)/t13-/m1/s1. The van der Waals surface area contributed by atoms with Crippen LogP contribution in [0.1, 0.15) is 59.3 Å². The van der Waals surface area contributed by atoms with Gasteiger partial charge in [-0.2, -0.15) is 0 Å². The van der Waals surface area contributed by atoms with E-state index in [1.807, 2.05) is 0 Å². The zero-order valence-electron chi connectivity index (χ0n) is 12.3. The molecular weight excluding hydrogens is 224 g/mol. The van der Waals surface area contributed by atoms with Crippen LogP contribution in [0.3, 0.4) is 0 Å². The van der Waals surface area contributed by atoms with E-state index in [0.717, 1.165) is 32.5 Å². The molecule has 0 aliphatic carbocycles. The van der Waals surface area contributed by atoms with E-state index in [1.165, 1.54) is 25.7 Å². The van der Waals surface area contributed by atoms with E-state index in [4.69, 9.17) is 0 Å². The Hall–Kier alpha value is -0.570. The largest absolute Gasteiger partial charge is 0.355 e. The van der Waals surface area contributed by atoms with Crippen molar-refractivity contribution in [1.82, 2.24) is 10.6 Å². The molecule has 0 bridgehead atoms. The molecule has 3 nitrogen and oxygen atoms in total. The Morgan fingerprint density at radius 2 is 2.17 bits per heavy atom. The molecule has 1 saturated heterocycles. The maximum Gasteiger partial charge on any atom is 0.224 e. The van der Waals surface area contributed by atoms with Gasteiger partial charge < -0.3 is 10.6 Å². The summed E-state index contributed by atoms with van der Waals surface area (Å²) in [4.78, 5) is 12.0. The zero-order valence-corrected chi connectivity index (χ0v) is 12.3. The van der Waals surface area contributed by atoms with Gasteiger partial charge in [0, 0.05) is 13.1 Å². The zero-order chi connectivity index (χ0) is 13.4. The molecule has 0 aromatic carbocycles. The van der Waals surface area contributed by atoms with Crippen molar-refractivity contribution in [2.75, 3.05) is 19.6 Å². The molecule has 1 aliphatic heterocycles. The van der Waals surface area contributed by atoms with Crippen LogP contribution >= 0.6 is 0 Å². The SMILES string of the molecule is CCCCCC(C)(C)CNC(=O)[C@@H]1CCCNC1. The van der Waals surface area contributed by atoms with E-state index in [-0.39, 0.29) is 17.2 Å². The molecule has 106 valence electrons. The van der Waals surface area contributed by atoms with Crippen LogP contribution < -0.4 is 10.6 Å². The summed E-state index contributed by atoms with van der Waals surface area (Å²) >= 11 is 0. The lowest BCUT2D eigenvalue weighted by molar-refractivity contribution is -0.125. The molecule has 0 aromatic heterocycles. The maximum atomic E-state index is 12.0. The Bertz CT molecular complexity index is 245. The first-order valence-corrected chi connectivity index (χ1v) is 7.53. The number of unbranched alkanes of at least 4 members (excludes halogenated alkanes) is 2. The van der Waals surface area contributed by atoms with Crippen LogP contribution in [0.15, 0.2) is 0 Å². The summed E-state index contributed by atoms with van der Waals surface area (Å²) in [5, 5.41) is 6.43. The van der Waals surface area contributed by atoms with E-state index in [2.05, 4.69) is 31.4 Å². The van der Waals surface area contributed by atoms with Crippen LogP contribution in [0.5, 0.6) is 0 Å². The fourth-order valence-electron chi connectivity index (χ4n) is 2.49. The topological polar surface area (TPSA) is 41.1 Å². The highest BCUT2D eigenvalue weighted by Crippen LogP contribution is 2.23. The van der Waals surface area contributed by atoms with Gasteiger partial charge in [-0.1, -0.05) is 40.0 Å². The molecule has 0 unspecified atom stereocenters. The van der Waals surface area contributed by atoms with E-state index in [1.54, 1.807) is 0 Å². The fraction of sp³-hybridized carbons (Fsp3) is 0.933. The first-order valence-electron chi connectivity index (χ1n) is 7.53.